The van der Waals surface area contributed by atoms with Crippen molar-refractivity contribution in [1.29, 1.82) is 0 Å². The molecule has 3 rings (SSSR count). The Hall–Kier alpha value is -2.14. The molecule has 0 saturated heterocycles. The minimum atomic E-state index is 0.457. The molecule has 0 bridgehead atoms. The van der Waals surface area contributed by atoms with Crippen LogP contribution < -0.4 is 10.1 Å². The molecule has 1 aromatic heterocycles. The number of ether oxygens (including phenoxy) is 1. The lowest BCUT2D eigenvalue weighted by molar-refractivity contribution is 0.474. The Morgan fingerprint density at radius 2 is 1.79 bits per heavy atom. The van der Waals surface area contributed by atoms with Crippen LogP contribution in [0.1, 0.15) is 5.56 Å². The van der Waals surface area contributed by atoms with E-state index in [1.165, 1.54) is 0 Å². The second kappa shape index (κ2) is 7.62. The van der Waals surface area contributed by atoms with Crippen LogP contribution in [0.4, 0.5) is 0 Å². The summed E-state index contributed by atoms with van der Waals surface area (Å²) in [5.74, 6) is 2.05. The highest BCUT2D eigenvalue weighted by atomic mass is 35.5. The van der Waals surface area contributed by atoms with Gasteiger partial charge < -0.3 is 10.1 Å². The standard InChI is InChI=1S/C18H15Cl2N3O/c1-21-11-13-9-12(18-22-7-2-8-23-18)3-6-17(13)24-14-4-5-15(19)16(20)10-14/h2-10,21H,11H2,1H3. The molecule has 0 amide bonds. The highest BCUT2D eigenvalue weighted by molar-refractivity contribution is 6.42. The number of hydrogen-bond acceptors (Lipinski definition) is 4. The number of nitrogens with one attached hydrogen (secondary N) is 1. The molecule has 4 nitrogen and oxygen atoms in total. The van der Waals surface area contributed by atoms with Crippen LogP contribution in [0.2, 0.25) is 10.0 Å². The summed E-state index contributed by atoms with van der Waals surface area (Å²) in [6, 6.07) is 12.8. The van der Waals surface area contributed by atoms with Gasteiger partial charge in [-0.2, -0.15) is 0 Å². The van der Waals surface area contributed by atoms with E-state index in [9.17, 15) is 0 Å². The van der Waals surface area contributed by atoms with Gasteiger partial charge in [-0.3, -0.25) is 0 Å². The Kier molecular flexibility index (Phi) is 5.30. The molecular formula is C18H15Cl2N3O. The summed E-state index contributed by atoms with van der Waals surface area (Å²) in [5.41, 5.74) is 1.93. The number of aromatic nitrogens is 2. The minimum Gasteiger partial charge on any atom is -0.457 e. The van der Waals surface area contributed by atoms with Gasteiger partial charge in [0.1, 0.15) is 11.5 Å². The van der Waals surface area contributed by atoms with Gasteiger partial charge in [0.25, 0.3) is 0 Å². The zero-order chi connectivity index (χ0) is 16.9. The fourth-order valence-electron chi connectivity index (χ4n) is 2.26. The van der Waals surface area contributed by atoms with Gasteiger partial charge in [0, 0.05) is 36.1 Å². The largest absolute Gasteiger partial charge is 0.457 e. The lowest BCUT2D eigenvalue weighted by Gasteiger charge is -2.13. The zero-order valence-electron chi connectivity index (χ0n) is 13.0. The fourth-order valence-corrected chi connectivity index (χ4v) is 2.55. The van der Waals surface area contributed by atoms with E-state index >= 15 is 0 Å². The molecule has 0 aliphatic carbocycles. The molecule has 0 unspecified atom stereocenters. The van der Waals surface area contributed by atoms with E-state index in [1.807, 2.05) is 25.2 Å². The molecule has 0 atom stereocenters. The molecular weight excluding hydrogens is 345 g/mol. The third-order valence-electron chi connectivity index (χ3n) is 3.37. The first-order valence-corrected chi connectivity index (χ1v) is 8.11. The number of rotatable bonds is 5. The summed E-state index contributed by atoms with van der Waals surface area (Å²) in [5, 5.41) is 4.09. The number of hydrogen-bond donors (Lipinski definition) is 1. The van der Waals surface area contributed by atoms with Crippen LogP contribution in [0, 0.1) is 0 Å². The molecule has 0 fully saturated rings. The van der Waals surface area contributed by atoms with Crippen LogP contribution in [0.25, 0.3) is 11.4 Å². The monoisotopic (exact) mass is 359 g/mol. The molecule has 0 saturated carbocycles. The smallest absolute Gasteiger partial charge is 0.159 e. The van der Waals surface area contributed by atoms with E-state index in [-0.39, 0.29) is 0 Å². The first-order chi connectivity index (χ1) is 11.7. The third kappa shape index (κ3) is 3.85. The van der Waals surface area contributed by atoms with Gasteiger partial charge in [-0.15, -0.1) is 0 Å². The first kappa shape index (κ1) is 16.7. The average molecular weight is 360 g/mol. The van der Waals surface area contributed by atoms with Crippen LogP contribution in [-0.4, -0.2) is 17.0 Å². The minimum absolute atomic E-state index is 0.457. The van der Waals surface area contributed by atoms with Crippen molar-refractivity contribution >= 4 is 23.2 Å². The van der Waals surface area contributed by atoms with Gasteiger partial charge in [-0.1, -0.05) is 23.2 Å². The zero-order valence-corrected chi connectivity index (χ0v) is 14.5. The molecule has 122 valence electrons. The van der Waals surface area contributed by atoms with Crippen molar-refractivity contribution in [3.63, 3.8) is 0 Å². The maximum atomic E-state index is 6.05. The quantitative estimate of drug-likeness (QED) is 0.699. The molecule has 3 aromatic rings. The van der Waals surface area contributed by atoms with Crippen LogP contribution in [0.15, 0.2) is 54.9 Å². The van der Waals surface area contributed by atoms with E-state index < -0.39 is 0 Å². The summed E-state index contributed by atoms with van der Waals surface area (Å²) in [4.78, 5) is 8.56. The molecule has 2 aromatic carbocycles. The molecule has 6 heteroatoms. The van der Waals surface area contributed by atoms with Gasteiger partial charge in [0.05, 0.1) is 10.0 Å². The second-order valence-electron chi connectivity index (χ2n) is 5.10. The summed E-state index contributed by atoms with van der Waals surface area (Å²) in [6.07, 6.45) is 3.44. The van der Waals surface area contributed by atoms with Crippen LogP contribution in [-0.2, 0) is 6.54 Å². The van der Waals surface area contributed by atoms with E-state index in [0.29, 0.717) is 28.2 Å². The molecule has 0 radical (unpaired) electrons. The van der Waals surface area contributed by atoms with Crippen molar-refractivity contribution < 1.29 is 4.74 Å². The van der Waals surface area contributed by atoms with E-state index in [0.717, 1.165) is 16.9 Å². The topological polar surface area (TPSA) is 47.0 Å². The normalized spacial score (nSPS) is 10.6. The number of halogens is 2. The Morgan fingerprint density at radius 3 is 2.50 bits per heavy atom. The third-order valence-corrected chi connectivity index (χ3v) is 4.11. The summed E-state index contributed by atoms with van der Waals surface area (Å²) in [7, 11) is 1.88. The van der Waals surface area contributed by atoms with Crippen LogP contribution >= 0.6 is 23.2 Å². The predicted molar refractivity (Wildman–Crippen MR) is 96.8 cm³/mol. The van der Waals surface area contributed by atoms with Crippen molar-refractivity contribution in [1.82, 2.24) is 15.3 Å². The van der Waals surface area contributed by atoms with Gasteiger partial charge in [-0.05, 0) is 43.4 Å². The Bertz CT molecular complexity index is 841. The van der Waals surface area contributed by atoms with Crippen molar-refractivity contribution in [3.8, 4) is 22.9 Å². The summed E-state index contributed by atoms with van der Waals surface area (Å²) >= 11 is 12.0. The highest BCUT2D eigenvalue weighted by Crippen LogP contribution is 2.32. The van der Waals surface area contributed by atoms with Gasteiger partial charge in [-0.25, -0.2) is 9.97 Å². The number of benzene rings is 2. The second-order valence-corrected chi connectivity index (χ2v) is 5.92. The van der Waals surface area contributed by atoms with E-state index in [1.54, 1.807) is 36.7 Å². The lowest BCUT2D eigenvalue weighted by Crippen LogP contribution is -2.07. The highest BCUT2D eigenvalue weighted by Gasteiger charge is 2.10. The molecule has 0 aliphatic rings. The Morgan fingerprint density at radius 1 is 1.00 bits per heavy atom. The Labute approximate surface area is 150 Å². The maximum absolute atomic E-state index is 6.05. The predicted octanol–water partition coefficient (Wildman–Crippen LogP) is 4.96. The summed E-state index contributed by atoms with van der Waals surface area (Å²) in [6.45, 7) is 0.650. The van der Waals surface area contributed by atoms with E-state index in [2.05, 4.69) is 15.3 Å². The molecule has 0 aliphatic heterocycles. The van der Waals surface area contributed by atoms with Crippen molar-refractivity contribution in [3.05, 3.63) is 70.5 Å². The molecule has 24 heavy (non-hydrogen) atoms. The first-order valence-electron chi connectivity index (χ1n) is 7.35. The fraction of sp³-hybridized carbons (Fsp3) is 0.111. The molecule has 1 N–H and O–H groups in total. The van der Waals surface area contributed by atoms with Crippen molar-refractivity contribution in [2.75, 3.05) is 7.05 Å². The lowest BCUT2D eigenvalue weighted by atomic mass is 10.1. The number of nitrogens with zero attached hydrogens (tertiary/aromatic N) is 2. The van der Waals surface area contributed by atoms with E-state index in [4.69, 9.17) is 27.9 Å². The van der Waals surface area contributed by atoms with Crippen LogP contribution in [0.5, 0.6) is 11.5 Å². The maximum Gasteiger partial charge on any atom is 0.159 e. The Balaban J connectivity index is 1.93. The SMILES string of the molecule is CNCc1cc(-c2ncccn2)ccc1Oc1ccc(Cl)c(Cl)c1. The van der Waals surface area contributed by atoms with Crippen LogP contribution in [0.3, 0.4) is 0 Å². The van der Waals surface area contributed by atoms with Gasteiger partial charge in [0.2, 0.25) is 0 Å². The van der Waals surface area contributed by atoms with Crippen molar-refractivity contribution in [2.45, 2.75) is 6.54 Å². The average Bonchev–Trinajstić information content (AvgIpc) is 2.61. The molecule has 1 heterocycles. The van der Waals surface area contributed by atoms with Crippen molar-refractivity contribution in [2.24, 2.45) is 0 Å². The molecule has 0 spiro atoms. The summed E-state index contributed by atoms with van der Waals surface area (Å²) < 4.78 is 5.96. The van der Waals surface area contributed by atoms with Gasteiger partial charge >= 0.3 is 0 Å². The van der Waals surface area contributed by atoms with Gasteiger partial charge in [0.15, 0.2) is 5.82 Å².